The molecule has 0 aliphatic heterocycles. The second-order valence-electron chi connectivity index (χ2n) is 3.01. The molecule has 0 spiro atoms. The molecule has 0 saturated heterocycles. The summed E-state index contributed by atoms with van der Waals surface area (Å²) in [5.74, 6) is 0.729. The van der Waals surface area contributed by atoms with Gasteiger partial charge in [0.15, 0.2) is 0 Å². The molecule has 13 heavy (non-hydrogen) atoms. The van der Waals surface area contributed by atoms with Crippen molar-refractivity contribution in [1.29, 1.82) is 0 Å². The van der Waals surface area contributed by atoms with Crippen LogP contribution in [0.3, 0.4) is 0 Å². The first-order chi connectivity index (χ1) is 6.19. The van der Waals surface area contributed by atoms with Crippen LogP contribution < -0.4 is 15.8 Å². The van der Waals surface area contributed by atoms with Gasteiger partial charge in [0.1, 0.15) is 5.75 Å². The maximum absolute atomic E-state index is 5.77. The van der Waals surface area contributed by atoms with Crippen molar-refractivity contribution in [3.05, 3.63) is 23.8 Å². The third-order valence-corrected chi connectivity index (χ3v) is 2.19. The fraction of sp³-hybridized carbons (Fsp3) is 0.400. The average molecular weight is 180 g/mol. The summed E-state index contributed by atoms with van der Waals surface area (Å²) in [5, 5.41) is 3.15. The van der Waals surface area contributed by atoms with Crippen LogP contribution in [0.5, 0.6) is 5.75 Å². The third kappa shape index (κ3) is 2.12. The van der Waals surface area contributed by atoms with Crippen molar-refractivity contribution in [3.8, 4) is 5.75 Å². The zero-order valence-corrected chi connectivity index (χ0v) is 8.29. The molecule has 0 aromatic heterocycles. The van der Waals surface area contributed by atoms with Crippen LogP contribution in [-0.2, 0) is 0 Å². The number of benzene rings is 1. The number of ether oxygens (including phenoxy) is 1. The van der Waals surface area contributed by atoms with Gasteiger partial charge in [0.25, 0.3) is 0 Å². The van der Waals surface area contributed by atoms with Crippen LogP contribution in [0.15, 0.2) is 18.2 Å². The summed E-state index contributed by atoms with van der Waals surface area (Å²) >= 11 is 0. The molecule has 0 fully saturated rings. The van der Waals surface area contributed by atoms with Gasteiger partial charge < -0.3 is 15.8 Å². The van der Waals surface area contributed by atoms with Gasteiger partial charge in [0.2, 0.25) is 0 Å². The van der Waals surface area contributed by atoms with E-state index in [0.29, 0.717) is 11.7 Å². The van der Waals surface area contributed by atoms with Gasteiger partial charge >= 0.3 is 0 Å². The first kappa shape index (κ1) is 9.86. The van der Waals surface area contributed by atoms with E-state index >= 15 is 0 Å². The summed E-state index contributed by atoms with van der Waals surface area (Å²) in [4.78, 5) is 0. The monoisotopic (exact) mass is 180 g/mol. The Labute approximate surface area is 78.9 Å². The Morgan fingerprint density at radius 1 is 1.46 bits per heavy atom. The molecular weight excluding hydrogens is 164 g/mol. The largest absolute Gasteiger partial charge is 0.495 e. The highest BCUT2D eigenvalue weighted by Gasteiger charge is 2.05. The topological polar surface area (TPSA) is 47.3 Å². The molecule has 0 heterocycles. The Morgan fingerprint density at radius 2 is 2.15 bits per heavy atom. The van der Waals surface area contributed by atoms with E-state index in [2.05, 4.69) is 12.2 Å². The van der Waals surface area contributed by atoms with E-state index in [9.17, 15) is 0 Å². The molecule has 0 radical (unpaired) electrons. The van der Waals surface area contributed by atoms with Gasteiger partial charge in [-0.25, -0.2) is 0 Å². The minimum atomic E-state index is 0.313. The van der Waals surface area contributed by atoms with E-state index in [1.165, 1.54) is 5.56 Å². The van der Waals surface area contributed by atoms with Crippen molar-refractivity contribution in [2.45, 2.75) is 13.0 Å². The lowest BCUT2D eigenvalue weighted by Gasteiger charge is -2.12. The van der Waals surface area contributed by atoms with Crippen molar-refractivity contribution < 1.29 is 4.74 Å². The Balaban J connectivity index is 2.95. The predicted octanol–water partition coefficient (Wildman–Crippen LogP) is 1.56. The van der Waals surface area contributed by atoms with Gasteiger partial charge in [0, 0.05) is 6.04 Å². The van der Waals surface area contributed by atoms with Gasteiger partial charge in [-0.3, -0.25) is 0 Å². The number of nitrogen functional groups attached to an aromatic ring is 1. The van der Waals surface area contributed by atoms with Crippen LogP contribution in [0.4, 0.5) is 5.69 Å². The van der Waals surface area contributed by atoms with Crippen molar-refractivity contribution >= 4 is 5.69 Å². The number of rotatable bonds is 3. The predicted molar refractivity (Wildman–Crippen MR) is 54.9 cm³/mol. The SMILES string of the molecule is CN[C@H](C)c1ccc(OC)c(N)c1. The van der Waals surface area contributed by atoms with Gasteiger partial charge in [-0.2, -0.15) is 0 Å². The molecule has 3 N–H and O–H groups in total. The maximum atomic E-state index is 5.77. The molecule has 1 aromatic rings. The number of methoxy groups -OCH3 is 1. The normalized spacial score (nSPS) is 12.5. The second-order valence-corrected chi connectivity index (χ2v) is 3.01. The van der Waals surface area contributed by atoms with Crippen molar-refractivity contribution in [2.75, 3.05) is 19.9 Å². The summed E-state index contributed by atoms with van der Waals surface area (Å²) in [5.41, 5.74) is 7.62. The van der Waals surface area contributed by atoms with Crippen LogP contribution >= 0.6 is 0 Å². The molecule has 3 heteroatoms. The van der Waals surface area contributed by atoms with E-state index in [4.69, 9.17) is 10.5 Å². The molecule has 0 aliphatic carbocycles. The smallest absolute Gasteiger partial charge is 0.141 e. The number of anilines is 1. The zero-order valence-electron chi connectivity index (χ0n) is 8.29. The van der Waals surface area contributed by atoms with Crippen LogP contribution in [0.1, 0.15) is 18.5 Å². The van der Waals surface area contributed by atoms with E-state index in [1.54, 1.807) is 7.11 Å². The van der Waals surface area contributed by atoms with Crippen LogP contribution in [-0.4, -0.2) is 14.2 Å². The van der Waals surface area contributed by atoms with Crippen LogP contribution in [0.2, 0.25) is 0 Å². The van der Waals surface area contributed by atoms with E-state index < -0.39 is 0 Å². The van der Waals surface area contributed by atoms with Crippen LogP contribution in [0, 0.1) is 0 Å². The molecule has 1 atom stereocenters. The molecule has 3 nitrogen and oxygen atoms in total. The number of nitrogens with two attached hydrogens (primary N) is 1. The molecule has 0 unspecified atom stereocenters. The summed E-state index contributed by atoms with van der Waals surface area (Å²) in [7, 11) is 3.54. The molecule has 0 aliphatic rings. The fourth-order valence-electron chi connectivity index (χ4n) is 1.19. The molecule has 0 amide bonds. The maximum Gasteiger partial charge on any atom is 0.141 e. The summed E-state index contributed by atoms with van der Waals surface area (Å²) in [6, 6.07) is 6.14. The van der Waals surface area contributed by atoms with Crippen molar-refractivity contribution in [1.82, 2.24) is 5.32 Å². The number of hydrogen-bond acceptors (Lipinski definition) is 3. The van der Waals surface area contributed by atoms with E-state index in [-0.39, 0.29) is 0 Å². The Hall–Kier alpha value is -1.22. The summed E-state index contributed by atoms with van der Waals surface area (Å²) < 4.78 is 5.07. The molecule has 0 bridgehead atoms. The molecule has 72 valence electrons. The Bertz CT molecular complexity index is 286. The van der Waals surface area contributed by atoms with Gasteiger partial charge in [-0.15, -0.1) is 0 Å². The van der Waals surface area contributed by atoms with E-state index in [0.717, 1.165) is 5.75 Å². The highest BCUT2D eigenvalue weighted by Crippen LogP contribution is 2.24. The summed E-state index contributed by atoms with van der Waals surface area (Å²) in [6.07, 6.45) is 0. The molecule has 1 rings (SSSR count). The van der Waals surface area contributed by atoms with E-state index in [1.807, 2.05) is 25.2 Å². The minimum Gasteiger partial charge on any atom is -0.495 e. The number of hydrogen-bond donors (Lipinski definition) is 2. The lowest BCUT2D eigenvalue weighted by Crippen LogP contribution is -2.12. The van der Waals surface area contributed by atoms with Gasteiger partial charge in [0.05, 0.1) is 12.8 Å². The van der Waals surface area contributed by atoms with Gasteiger partial charge in [-0.05, 0) is 31.7 Å². The first-order valence-electron chi connectivity index (χ1n) is 4.29. The lowest BCUT2D eigenvalue weighted by molar-refractivity contribution is 0.416. The number of nitrogens with one attached hydrogen (secondary N) is 1. The molecule has 0 saturated carbocycles. The van der Waals surface area contributed by atoms with Crippen LogP contribution in [0.25, 0.3) is 0 Å². The van der Waals surface area contributed by atoms with Gasteiger partial charge in [-0.1, -0.05) is 6.07 Å². The molecule has 1 aromatic carbocycles. The average Bonchev–Trinajstić information content (AvgIpc) is 2.16. The third-order valence-electron chi connectivity index (χ3n) is 2.19. The highest BCUT2D eigenvalue weighted by atomic mass is 16.5. The Morgan fingerprint density at radius 3 is 2.62 bits per heavy atom. The second kappa shape index (κ2) is 4.14. The van der Waals surface area contributed by atoms with Crippen molar-refractivity contribution in [2.24, 2.45) is 0 Å². The standard InChI is InChI=1S/C10H16N2O/c1-7(12-2)8-4-5-10(13-3)9(11)6-8/h4-7,12H,11H2,1-3H3/t7-/m1/s1. The highest BCUT2D eigenvalue weighted by molar-refractivity contribution is 5.54. The Kier molecular flexibility index (Phi) is 3.14. The quantitative estimate of drug-likeness (QED) is 0.694. The fourth-order valence-corrected chi connectivity index (χ4v) is 1.19. The lowest BCUT2D eigenvalue weighted by atomic mass is 10.1. The summed E-state index contributed by atoms with van der Waals surface area (Å²) in [6.45, 7) is 2.08. The minimum absolute atomic E-state index is 0.313. The molecular formula is C10H16N2O. The van der Waals surface area contributed by atoms with Crippen molar-refractivity contribution in [3.63, 3.8) is 0 Å². The first-order valence-corrected chi connectivity index (χ1v) is 4.29. The zero-order chi connectivity index (χ0) is 9.84.